The molecule has 1 unspecified atom stereocenters. The Bertz CT molecular complexity index is 966. The van der Waals surface area contributed by atoms with E-state index in [1.807, 2.05) is 31.2 Å². The summed E-state index contributed by atoms with van der Waals surface area (Å²) < 4.78 is 2.23. The van der Waals surface area contributed by atoms with Gasteiger partial charge in [-0.05, 0) is 51.2 Å². The van der Waals surface area contributed by atoms with Crippen LogP contribution >= 0.6 is 11.8 Å². The fourth-order valence-corrected chi connectivity index (χ4v) is 5.15. The smallest absolute Gasteiger partial charge is 0.244 e. The number of anilines is 3. The lowest BCUT2D eigenvalue weighted by molar-refractivity contribution is -0.121. The van der Waals surface area contributed by atoms with Crippen LogP contribution in [0.5, 0.6) is 0 Å². The van der Waals surface area contributed by atoms with Crippen LogP contribution in [-0.2, 0) is 9.59 Å². The van der Waals surface area contributed by atoms with Crippen molar-refractivity contribution in [3.8, 4) is 0 Å². The molecule has 8 nitrogen and oxygen atoms in total. The van der Waals surface area contributed by atoms with Gasteiger partial charge in [0.25, 0.3) is 0 Å². The van der Waals surface area contributed by atoms with Gasteiger partial charge in [0.15, 0.2) is 5.16 Å². The largest absolute Gasteiger partial charge is 0.341 e. The lowest BCUT2D eigenvalue weighted by Gasteiger charge is -2.31. The first-order valence-corrected chi connectivity index (χ1v) is 11.6. The van der Waals surface area contributed by atoms with Crippen molar-refractivity contribution in [2.75, 3.05) is 34.8 Å². The molecule has 2 aliphatic heterocycles. The van der Waals surface area contributed by atoms with Crippen LogP contribution in [0, 0.1) is 0 Å². The van der Waals surface area contributed by atoms with E-state index in [9.17, 15) is 9.59 Å². The van der Waals surface area contributed by atoms with E-state index in [0.717, 1.165) is 42.7 Å². The maximum absolute atomic E-state index is 13.3. The third kappa shape index (κ3) is 3.66. The molecular formula is C21H26N6O2S. The quantitative estimate of drug-likeness (QED) is 0.740. The molecule has 0 spiro atoms. The highest BCUT2D eigenvalue weighted by Crippen LogP contribution is 2.42. The predicted octanol–water partition coefficient (Wildman–Crippen LogP) is 3.07. The first kappa shape index (κ1) is 19.4. The van der Waals surface area contributed by atoms with E-state index in [-0.39, 0.29) is 23.6 Å². The molecule has 0 bridgehead atoms. The molecule has 1 saturated heterocycles. The van der Waals surface area contributed by atoms with E-state index in [2.05, 4.69) is 25.0 Å². The number of hydrogen-bond acceptors (Lipinski definition) is 6. The second-order valence-corrected chi connectivity index (χ2v) is 9.49. The highest BCUT2D eigenvalue weighted by atomic mass is 32.2. The Morgan fingerprint density at radius 2 is 1.93 bits per heavy atom. The van der Waals surface area contributed by atoms with Crippen molar-refractivity contribution in [3.63, 3.8) is 0 Å². The van der Waals surface area contributed by atoms with E-state index in [1.54, 1.807) is 4.90 Å². The summed E-state index contributed by atoms with van der Waals surface area (Å²) in [6, 6.07) is 7.85. The average Bonchev–Trinajstić information content (AvgIpc) is 3.53. The standard InChI is InChI=1S/C21H26N6O2S/c1-14(19(29)26-13-18(28)22-16-7-3-4-8-17(16)26)30-21-24-23-20(27(21)15-9-10-15)25-11-5-2-6-12-25/h3-4,7-8,14-15H,2,5-6,9-13H2,1H3,(H,22,28). The highest BCUT2D eigenvalue weighted by Gasteiger charge is 2.35. The summed E-state index contributed by atoms with van der Waals surface area (Å²) in [6.07, 6.45) is 5.91. The second kappa shape index (κ2) is 7.94. The SMILES string of the molecule is CC(Sc1nnc(N2CCCCC2)n1C1CC1)C(=O)N1CC(=O)Nc2ccccc21. The van der Waals surface area contributed by atoms with Crippen molar-refractivity contribution < 1.29 is 9.59 Å². The monoisotopic (exact) mass is 426 g/mol. The summed E-state index contributed by atoms with van der Waals surface area (Å²) in [7, 11) is 0. The summed E-state index contributed by atoms with van der Waals surface area (Å²) in [5.41, 5.74) is 1.42. The van der Waals surface area contributed by atoms with Crippen molar-refractivity contribution in [3.05, 3.63) is 24.3 Å². The number of rotatable bonds is 5. The third-order valence-electron chi connectivity index (χ3n) is 5.86. The Morgan fingerprint density at radius 3 is 2.70 bits per heavy atom. The van der Waals surface area contributed by atoms with Crippen LogP contribution in [-0.4, -0.2) is 51.5 Å². The Balaban J connectivity index is 1.37. The summed E-state index contributed by atoms with van der Waals surface area (Å²) in [5, 5.41) is 12.2. The van der Waals surface area contributed by atoms with Gasteiger partial charge in [-0.2, -0.15) is 0 Å². The number of piperidine rings is 1. The van der Waals surface area contributed by atoms with Gasteiger partial charge in [0.2, 0.25) is 17.8 Å². The first-order chi connectivity index (χ1) is 14.6. The molecule has 30 heavy (non-hydrogen) atoms. The molecule has 1 aliphatic carbocycles. The minimum atomic E-state index is -0.375. The predicted molar refractivity (Wildman–Crippen MR) is 117 cm³/mol. The van der Waals surface area contributed by atoms with Gasteiger partial charge in [0, 0.05) is 19.1 Å². The van der Waals surface area contributed by atoms with Crippen LogP contribution in [0.25, 0.3) is 0 Å². The number of carbonyl (C=O) groups excluding carboxylic acids is 2. The number of thioether (sulfide) groups is 1. The zero-order chi connectivity index (χ0) is 20.7. The summed E-state index contributed by atoms with van der Waals surface area (Å²) in [6.45, 7) is 3.96. The lowest BCUT2D eigenvalue weighted by Crippen LogP contribution is -2.45. The maximum atomic E-state index is 13.3. The van der Waals surface area contributed by atoms with Crippen LogP contribution in [0.2, 0.25) is 0 Å². The number of nitrogens with zero attached hydrogens (tertiary/aromatic N) is 5. The molecule has 9 heteroatoms. The Morgan fingerprint density at radius 1 is 1.17 bits per heavy atom. The van der Waals surface area contributed by atoms with Gasteiger partial charge >= 0.3 is 0 Å². The zero-order valence-electron chi connectivity index (χ0n) is 17.1. The fraction of sp³-hybridized carbons (Fsp3) is 0.524. The molecule has 3 aliphatic rings. The highest BCUT2D eigenvalue weighted by molar-refractivity contribution is 8.00. The zero-order valence-corrected chi connectivity index (χ0v) is 17.9. The minimum absolute atomic E-state index is 0.0368. The number of amides is 2. The van der Waals surface area contributed by atoms with Crippen molar-refractivity contribution in [2.45, 2.75) is 55.5 Å². The van der Waals surface area contributed by atoms with E-state index in [4.69, 9.17) is 0 Å². The third-order valence-corrected chi connectivity index (χ3v) is 6.91. The molecule has 1 atom stereocenters. The number of benzene rings is 1. The number of carbonyl (C=O) groups is 2. The van der Waals surface area contributed by atoms with Crippen LogP contribution in [0.1, 0.15) is 45.1 Å². The minimum Gasteiger partial charge on any atom is -0.341 e. The van der Waals surface area contributed by atoms with E-state index < -0.39 is 0 Å². The molecule has 0 radical (unpaired) electrons. The molecule has 1 aromatic carbocycles. The Labute approximate surface area is 180 Å². The first-order valence-electron chi connectivity index (χ1n) is 10.7. The van der Waals surface area contributed by atoms with E-state index >= 15 is 0 Å². The van der Waals surface area contributed by atoms with Gasteiger partial charge in [0.1, 0.15) is 6.54 Å². The van der Waals surface area contributed by atoms with Gasteiger partial charge in [-0.15, -0.1) is 10.2 Å². The summed E-state index contributed by atoms with van der Waals surface area (Å²) in [4.78, 5) is 29.3. The lowest BCUT2D eigenvalue weighted by atomic mass is 10.1. The molecule has 2 amide bonds. The average molecular weight is 427 g/mol. The molecule has 2 fully saturated rings. The van der Waals surface area contributed by atoms with Gasteiger partial charge in [-0.25, -0.2) is 0 Å². The van der Waals surface area contributed by atoms with Crippen molar-refractivity contribution in [1.29, 1.82) is 0 Å². The van der Waals surface area contributed by atoms with Crippen LogP contribution in [0.4, 0.5) is 17.3 Å². The molecule has 1 N–H and O–H groups in total. The normalized spacial score (nSPS) is 20.0. The number of aromatic nitrogens is 3. The van der Waals surface area contributed by atoms with Gasteiger partial charge in [-0.3, -0.25) is 19.1 Å². The van der Waals surface area contributed by atoms with E-state index in [0.29, 0.717) is 11.7 Å². The summed E-state index contributed by atoms with van der Waals surface area (Å²) >= 11 is 1.44. The number of para-hydroxylation sites is 2. The fourth-order valence-electron chi connectivity index (χ4n) is 4.17. The second-order valence-electron chi connectivity index (χ2n) is 8.18. The maximum Gasteiger partial charge on any atom is 0.244 e. The van der Waals surface area contributed by atoms with E-state index in [1.165, 1.54) is 31.0 Å². The van der Waals surface area contributed by atoms with Gasteiger partial charge in [0.05, 0.1) is 16.6 Å². The Kier molecular flexibility index (Phi) is 5.14. The number of fused-ring (bicyclic) bond motifs is 1. The van der Waals surface area contributed by atoms with Crippen LogP contribution < -0.4 is 15.1 Å². The molecular weight excluding hydrogens is 400 g/mol. The number of hydrogen-bond donors (Lipinski definition) is 1. The van der Waals surface area contributed by atoms with Crippen LogP contribution in [0.3, 0.4) is 0 Å². The molecule has 1 aromatic heterocycles. The van der Waals surface area contributed by atoms with Crippen molar-refractivity contribution in [2.24, 2.45) is 0 Å². The molecule has 1 saturated carbocycles. The molecule has 3 heterocycles. The van der Waals surface area contributed by atoms with Crippen LogP contribution in [0.15, 0.2) is 29.4 Å². The molecule has 5 rings (SSSR count). The number of nitrogens with one attached hydrogen (secondary N) is 1. The summed E-state index contributed by atoms with van der Waals surface area (Å²) in [5.74, 6) is 0.682. The topological polar surface area (TPSA) is 83.4 Å². The van der Waals surface area contributed by atoms with Crippen molar-refractivity contribution >= 4 is 40.9 Å². The van der Waals surface area contributed by atoms with Gasteiger partial charge in [-0.1, -0.05) is 23.9 Å². The van der Waals surface area contributed by atoms with Crippen molar-refractivity contribution in [1.82, 2.24) is 14.8 Å². The van der Waals surface area contributed by atoms with Gasteiger partial charge < -0.3 is 10.2 Å². The molecule has 158 valence electrons. The Hall–Kier alpha value is -2.55. The molecule has 2 aromatic rings.